The standard InChI is InChI=1S/C6H12S2/c1-2-4-7-6-8-5-3-1/h1-6H2. The third kappa shape index (κ3) is 2.88. The largest absolute Gasteiger partial charge is 0.151 e. The highest BCUT2D eigenvalue weighted by molar-refractivity contribution is 8.15. The molecule has 1 aliphatic heterocycles. The van der Waals surface area contributed by atoms with Crippen molar-refractivity contribution in [2.24, 2.45) is 0 Å². The number of thioether (sulfide) groups is 2. The molecule has 48 valence electrons. The average molecular weight is 148 g/mol. The Labute approximate surface area is 59.8 Å². The third-order valence-corrected chi connectivity index (χ3v) is 3.73. The topological polar surface area (TPSA) is 0 Å². The van der Waals surface area contributed by atoms with E-state index in [4.69, 9.17) is 0 Å². The summed E-state index contributed by atoms with van der Waals surface area (Å²) >= 11 is 4.18. The maximum atomic E-state index is 2.09. The van der Waals surface area contributed by atoms with E-state index in [1.54, 1.807) is 0 Å². The highest BCUT2D eigenvalue weighted by atomic mass is 32.2. The molecule has 0 unspecified atom stereocenters. The van der Waals surface area contributed by atoms with Crippen molar-refractivity contribution in [2.45, 2.75) is 19.3 Å². The predicted molar refractivity (Wildman–Crippen MR) is 43.6 cm³/mol. The lowest BCUT2D eigenvalue weighted by Crippen LogP contribution is -1.89. The van der Waals surface area contributed by atoms with Crippen molar-refractivity contribution >= 4 is 23.5 Å². The van der Waals surface area contributed by atoms with Crippen LogP contribution in [0, 0.1) is 0 Å². The van der Waals surface area contributed by atoms with Gasteiger partial charge in [-0.15, -0.1) is 0 Å². The van der Waals surface area contributed by atoms with Gasteiger partial charge in [0.2, 0.25) is 0 Å². The molecule has 1 saturated heterocycles. The van der Waals surface area contributed by atoms with Crippen molar-refractivity contribution < 1.29 is 0 Å². The van der Waals surface area contributed by atoms with E-state index in [1.165, 1.54) is 35.9 Å². The fourth-order valence-electron chi connectivity index (χ4n) is 0.762. The molecule has 0 radical (unpaired) electrons. The summed E-state index contributed by atoms with van der Waals surface area (Å²) in [5.74, 6) is 2.79. The van der Waals surface area contributed by atoms with E-state index in [1.807, 2.05) is 0 Å². The zero-order valence-electron chi connectivity index (χ0n) is 5.06. The van der Waals surface area contributed by atoms with Crippen LogP contribution in [-0.4, -0.2) is 16.6 Å². The van der Waals surface area contributed by atoms with Gasteiger partial charge in [-0.3, -0.25) is 0 Å². The first-order valence-electron chi connectivity index (χ1n) is 3.15. The van der Waals surface area contributed by atoms with Crippen LogP contribution in [0.5, 0.6) is 0 Å². The summed E-state index contributed by atoms with van der Waals surface area (Å²) < 4.78 is 0. The minimum absolute atomic E-state index is 1.33. The molecule has 0 aromatic rings. The summed E-state index contributed by atoms with van der Waals surface area (Å²) in [6, 6.07) is 0. The Morgan fingerprint density at radius 2 is 1.38 bits per heavy atom. The Morgan fingerprint density at radius 3 is 2.00 bits per heavy atom. The molecule has 0 spiro atoms. The van der Waals surface area contributed by atoms with E-state index in [-0.39, 0.29) is 0 Å². The summed E-state index contributed by atoms with van der Waals surface area (Å²) in [6.07, 6.45) is 4.36. The molecule has 2 heteroatoms. The molecule has 0 amide bonds. The fourth-order valence-corrected chi connectivity index (χ4v) is 2.99. The summed E-state index contributed by atoms with van der Waals surface area (Å²) in [6.45, 7) is 0. The molecule has 0 bridgehead atoms. The minimum atomic E-state index is 1.33. The maximum Gasteiger partial charge on any atom is 0.0392 e. The smallest absolute Gasteiger partial charge is 0.0392 e. The van der Waals surface area contributed by atoms with Crippen LogP contribution in [-0.2, 0) is 0 Å². The van der Waals surface area contributed by atoms with Crippen molar-refractivity contribution in [3.8, 4) is 0 Å². The lowest BCUT2D eigenvalue weighted by Gasteiger charge is -2.05. The van der Waals surface area contributed by atoms with Crippen LogP contribution in [0.4, 0.5) is 0 Å². The monoisotopic (exact) mass is 148 g/mol. The van der Waals surface area contributed by atoms with Crippen LogP contribution in [0.1, 0.15) is 19.3 Å². The quantitative estimate of drug-likeness (QED) is 0.518. The molecule has 0 N–H and O–H groups in total. The third-order valence-electron chi connectivity index (χ3n) is 1.24. The van der Waals surface area contributed by atoms with Crippen molar-refractivity contribution in [1.82, 2.24) is 0 Å². The van der Waals surface area contributed by atoms with E-state index in [0.29, 0.717) is 0 Å². The van der Waals surface area contributed by atoms with Crippen LogP contribution in [0.25, 0.3) is 0 Å². The first-order valence-corrected chi connectivity index (χ1v) is 5.46. The zero-order valence-corrected chi connectivity index (χ0v) is 6.69. The van der Waals surface area contributed by atoms with Gasteiger partial charge in [-0.05, 0) is 24.3 Å². The number of hydrogen-bond acceptors (Lipinski definition) is 2. The van der Waals surface area contributed by atoms with Gasteiger partial charge >= 0.3 is 0 Å². The first-order chi connectivity index (χ1) is 4.00. The Bertz CT molecular complexity index is 30.5. The van der Waals surface area contributed by atoms with Gasteiger partial charge in [0, 0.05) is 5.08 Å². The highest BCUT2D eigenvalue weighted by Crippen LogP contribution is 2.19. The maximum absolute atomic E-state index is 2.09. The Hall–Kier alpha value is 0.700. The lowest BCUT2D eigenvalue weighted by molar-refractivity contribution is 0.784. The van der Waals surface area contributed by atoms with Gasteiger partial charge in [0.25, 0.3) is 0 Å². The molecule has 1 fully saturated rings. The van der Waals surface area contributed by atoms with Gasteiger partial charge in [-0.25, -0.2) is 0 Å². The first kappa shape index (κ1) is 6.81. The molecule has 0 atom stereocenters. The van der Waals surface area contributed by atoms with Gasteiger partial charge in [0.1, 0.15) is 0 Å². The SMILES string of the molecule is C1CCSCSCC1. The molecule has 0 aromatic heterocycles. The Kier molecular flexibility index (Phi) is 3.89. The zero-order chi connectivity index (χ0) is 5.66. The Morgan fingerprint density at radius 1 is 0.750 bits per heavy atom. The van der Waals surface area contributed by atoms with E-state index < -0.39 is 0 Å². The molecule has 1 aliphatic rings. The van der Waals surface area contributed by atoms with Crippen LogP contribution < -0.4 is 0 Å². The highest BCUT2D eigenvalue weighted by Gasteiger charge is 1.95. The van der Waals surface area contributed by atoms with Crippen LogP contribution in [0.3, 0.4) is 0 Å². The molecule has 0 aliphatic carbocycles. The number of hydrogen-bond donors (Lipinski definition) is 0. The molecule has 8 heavy (non-hydrogen) atoms. The molecule has 1 heterocycles. The van der Waals surface area contributed by atoms with Crippen molar-refractivity contribution in [3.05, 3.63) is 0 Å². The van der Waals surface area contributed by atoms with Crippen LogP contribution in [0.15, 0.2) is 0 Å². The van der Waals surface area contributed by atoms with Gasteiger partial charge < -0.3 is 0 Å². The lowest BCUT2D eigenvalue weighted by atomic mass is 10.3. The Balaban J connectivity index is 2.00. The fraction of sp³-hybridized carbons (Fsp3) is 1.00. The molecule has 0 nitrogen and oxygen atoms in total. The van der Waals surface area contributed by atoms with Gasteiger partial charge in [-0.1, -0.05) is 6.42 Å². The molecular formula is C6H12S2. The number of rotatable bonds is 0. The van der Waals surface area contributed by atoms with Crippen molar-refractivity contribution in [2.75, 3.05) is 16.6 Å². The van der Waals surface area contributed by atoms with E-state index in [2.05, 4.69) is 23.5 Å². The summed E-state index contributed by atoms with van der Waals surface area (Å²) in [5, 5.41) is 1.33. The van der Waals surface area contributed by atoms with E-state index in [0.717, 1.165) is 0 Å². The predicted octanol–water partition coefficient (Wildman–Crippen LogP) is 2.59. The van der Waals surface area contributed by atoms with Crippen molar-refractivity contribution in [1.29, 1.82) is 0 Å². The van der Waals surface area contributed by atoms with Crippen LogP contribution in [0.2, 0.25) is 0 Å². The van der Waals surface area contributed by atoms with Gasteiger partial charge in [0.05, 0.1) is 0 Å². The van der Waals surface area contributed by atoms with Crippen molar-refractivity contribution in [3.63, 3.8) is 0 Å². The molecule has 0 saturated carbocycles. The minimum Gasteiger partial charge on any atom is -0.151 e. The summed E-state index contributed by atoms with van der Waals surface area (Å²) in [7, 11) is 0. The normalized spacial score (nSPS) is 24.0. The summed E-state index contributed by atoms with van der Waals surface area (Å²) in [5.41, 5.74) is 0. The second-order valence-electron chi connectivity index (χ2n) is 2.00. The van der Waals surface area contributed by atoms with E-state index >= 15 is 0 Å². The van der Waals surface area contributed by atoms with Crippen LogP contribution >= 0.6 is 23.5 Å². The molecule has 1 rings (SSSR count). The summed E-state index contributed by atoms with van der Waals surface area (Å²) in [4.78, 5) is 0. The molecule has 0 aromatic carbocycles. The molecular weight excluding hydrogens is 136 g/mol. The average Bonchev–Trinajstić information content (AvgIpc) is 1.62. The second-order valence-corrected chi connectivity index (χ2v) is 4.57. The van der Waals surface area contributed by atoms with E-state index in [9.17, 15) is 0 Å². The van der Waals surface area contributed by atoms with Gasteiger partial charge in [-0.2, -0.15) is 23.5 Å². The second kappa shape index (κ2) is 4.57. The van der Waals surface area contributed by atoms with Gasteiger partial charge in [0.15, 0.2) is 0 Å².